The van der Waals surface area contributed by atoms with E-state index in [4.69, 9.17) is 4.74 Å². The summed E-state index contributed by atoms with van der Waals surface area (Å²) in [6, 6.07) is 0. The molecule has 0 aromatic carbocycles. The van der Waals surface area contributed by atoms with Gasteiger partial charge in [-0.05, 0) is 46.5 Å². The Balaban J connectivity index is 1.97. The lowest BCUT2D eigenvalue weighted by Gasteiger charge is -2.19. The maximum absolute atomic E-state index is 11.8. The number of likely N-dealkylation sites (tertiary alicyclic amines) is 1. The van der Waals surface area contributed by atoms with E-state index in [2.05, 4.69) is 5.32 Å². The van der Waals surface area contributed by atoms with Crippen molar-refractivity contribution in [2.75, 3.05) is 13.1 Å². The summed E-state index contributed by atoms with van der Waals surface area (Å²) in [5, 5.41) is 2.60. The number of rotatable bonds is 6. The first kappa shape index (κ1) is 16.8. The Morgan fingerprint density at radius 2 is 1.85 bits per heavy atom. The number of nitrogens with zero attached hydrogens (tertiary/aromatic N) is 1. The fourth-order valence-electron chi connectivity index (χ4n) is 2.11. The van der Waals surface area contributed by atoms with Crippen molar-refractivity contribution in [3.05, 3.63) is 6.54 Å². The van der Waals surface area contributed by atoms with Crippen molar-refractivity contribution in [1.29, 1.82) is 0 Å². The topological polar surface area (TPSA) is 58.6 Å². The van der Waals surface area contributed by atoms with E-state index in [1.54, 1.807) is 6.54 Å². The molecule has 1 radical (unpaired) electrons. The second kappa shape index (κ2) is 8.12. The average Bonchev–Trinajstić information content (AvgIpc) is 2.84. The first-order chi connectivity index (χ1) is 9.38. The minimum atomic E-state index is -0.472. The van der Waals surface area contributed by atoms with Gasteiger partial charge in [-0.15, -0.1) is 0 Å². The van der Waals surface area contributed by atoms with Gasteiger partial charge in [0, 0.05) is 19.5 Å². The number of ether oxygens (including phenoxy) is 1. The summed E-state index contributed by atoms with van der Waals surface area (Å²) in [5.74, 6) is 0.266. The predicted octanol–water partition coefficient (Wildman–Crippen LogP) is 2.86. The normalized spacial score (nSPS) is 15.2. The van der Waals surface area contributed by atoms with E-state index >= 15 is 0 Å². The van der Waals surface area contributed by atoms with Crippen LogP contribution >= 0.6 is 0 Å². The van der Waals surface area contributed by atoms with E-state index in [1.807, 2.05) is 25.7 Å². The van der Waals surface area contributed by atoms with Gasteiger partial charge in [0.05, 0.1) is 6.54 Å². The smallest absolute Gasteiger partial charge is 0.407 e. The molecule has 0 saturated carbocycles. The second-order valence-electron chi connectivity index (χ2n) is 6.18. The Kier molecular flexibility index (Phi) is 6.82. The first-order valence-corrected chi connectivity index (χ1v) is 7.47. The number of carbonyl (C=O) groups is 2. The molecule has 0 unspecified atom stereocenters. The number of unbranched alkanes of at least 4 members (excludes halogenated alkanes) is 2. The highest BCUT2D eigenvalue weighted by Crippen LogP contribution is 2.11. The van der Waals surface area contributed by atoms with Crippen LogP contribution in [-0.2, 0) is 9.53 Å². The fourth-order valence-corrected chi connectivity index (χ4v) is 2.11. The van der Waals surface area contributed by atoms with Gasteiger partial charge in [0.25, 0.3) is 0 Å². The average molecular weight is 283 g/mol. The van der Waals surface area contributed by atoms with Crippen LogP contribution in [0.5, 0.6) is 0 Å². The second-order valence-corrected chi connectivity index (χ2v) is 6.18. The highest BCUT2D eigenvalue weighted by molar-refractivity contribution is 5.76. The third kappa shape index (κ3) is 7.36. The van der Waals surface area contributed by atoms with E-state index in [1.165, 1.54) is 0 Å². The van der Waals surface area contributed by atoms with Crippen molar-refractivity contribution in [2.24, 2.45) is 0 Å². The highest BCUT2D eigenvalue weighted by Gasteiger charge is 2.17. The molecule has 20 heavy (non-hydrogen) atoms. The number of hydrogen-bond donors (Lipinski definition) is 1. The molecule has 0 spiro atoms. The zero-order valence-corrected chi connectivity index (χ0v) is 12.9. The minimum Gasteiger partial charge on any atom is -0.444 e. The van der Waals surface area contributed by atoms with Crippen molar-refractivity contribution in [3.63, 3.8) is 0 Å². The maximum atomic E-state index is 11.8. The van der Waals surface area contributed by atoms with Crippen molar-refractivity contribution in [1.82, 2.24) is 10.2 Å². The Morgan fingerprint density at radius 3 is 2.45 bits per heavy atom. The van der Waals surface area contributed by atoms with Crippen LogP contribution in [0.4, 0.5) is 4.79 Å². The monoisotopic (exact) mass is 283 g/mol. The van der Waals surface area contributed by atoms with E-state index < -0.39 is 11.7 Å². The quantitative estimate of drug-likeness (QED) is 0.763. The molecule has 0 aliphatic carbocycles. The first-order valence-electron chi connectivity index (χ1n) is 7.47. The van der Waals surface area contributed by atoms with E-state index in [-0.39, 0.29) is 5.91 Å². The zero-order valence-electron chi connectivity index (χ0n) is 12.9. The summed E-state index contributed by atoms with van der Waals surface area (Å²) in [7, 11) is 0. The summed E-state index contributed by atoms with van der Waals surface area (Å²) in [6.45, 7) is 9.04. The summed E-state index contributed by atoms with van der Waals surface area (Å²) in [6.07, 6.45) is 4.98. The Hall–Kier alpha value is -1.26. The maximum Gasteiger partial charge on any atom is 0.407 e. The van der Waals surface area contributed by atoms with Crippen LogP contribution in [0, 0.1) is 6.54 Å². The van der Waals surface area contributed by atoms with Crippen LogP contribution < -0.4 is 5.32 Å². The van der Waals surface area contributed by atoms with Crippen molar-refractivity contribution in [3.8, 4) is 0 Å². The molecule has 1 fully saturated rings. The largest absolute Gasteiger partial charge is 0.444 e. The molecule has 2 amide bonds. The molecule has 5 nitrogen and oxygen atoms in total. The standard InChI is InChI=1S/C15H27N2O3/c1-15(2,3)20-14(19)16-10-6-4-5-9-13(18)17-11-7-8-12-17/h10H,4-9,11-12H2,1-3H3,(H,16,19). The Labute approximate surface area is 122 Å². The zero-order chi connectivity index (χ0) is 15.0. The van der Waals surface area contributed by atoms with Crippen LogP contribution in [0.1, 0.15) is 59.3 Å². The number of alkyl carbamates (subject to hydrolysis) is 1. The Morgan fingerprint density at radius 1 is 1.20 bits per heavy atom. The lowest BCUT2D eigenvalue weighted by molar-refractivity contribution is -0.130. The number of carbonyl (C=O) groups excluding carboxylic acids is 2. The van der Waals surface area contributed by atoms with Gasteiger partial charge in [-0.25, -0.2) is 4.79 Å². The number of hydrogen-bond acceptors (Lipinski definition) is 3. The molecule has 5 heteroatoms. The highest BCUT2D eigenvalue weighted by atomic mass is 16.6. The third-order valence-corrected chi connectivity index (χ3v) is 3.07. The lowest BCUT2D eigenvalue weighted by atomic mass is 10.2. The van der Waals surface area contributed by atoms with Crippen LogP contribution in [0.25, 0.3) is 0 Å². The molecule has 0 aromatic rings. The molecule has 1 aliphatic rings. The molecule has 115 valence electrons. The van der Waals surface area contributed by atoms with Crippen molar-refractivity contribution >= 4 is 12.0 Å². The summed E-state index contributed by atoms with van der Waals surface area (Å²) < 4.78 is 5.11. The van der Waals surface area contributed by atoms with Gasteiger partial charge in [-0.2, -0.15) is 0 Å². The molecule has 1 heterocycles. The molecule has 1 aliphatic heterocycles. The summed E-state index contributed by atoms with van der Waals surface area (Å²) in [4.78, 5) is 25.1. The van der Waals surface area contributed by atoms with Crippen LogP contribution in [0.2, 0.25) is 0 Å². The lowest BCUT2D eigenvalue weighted by Crippen LogP contribution is -2.31. The van der Waals surface area contributed by atoms with Gasteiger partial charge in [0.2, 0.25) is 5.91 Å². The minimum absolute atomic E-state index is 0.266. The number of nitrogens with one attached hydrogen (secondary N) is 1. The summed E-state index contributed by atoms with van der Waals surface area (Å²) in [5.41, 5.74) is -0.472. The van der Waals surface area contributed by atoms with Crippen molar-refractivity contribution < 1.29 is 14.3 Å². The third-order valence-electron chi connectivity index (χ3n) is 3.07. The predicted molar refractivity (Wildman–Crippen MR) is 78.0 cm³/mol. The molecular weight excluding hydrogens is 256 g/mol. The van der Waals surface area contributed by atoms with Crippen LogP contribution in [0.3, 0.4) is 0 Å². The molecule has 1 saturated heterocycles. The van der Waals surface area contributed by atoms with Gasteiger partial charge in [-0.3, -0.25) is 4.79 Å². The Bertz CT molecular complexity index is 318. The van der Waals surface area contributed by atoms with Crippen LogP contribution in [-0.4, -0.2) is 35.6 Å². The molecular formula is C15H27N2O3. The summed E-state index contributed by atoms with van der Waals surface area (Å²) >= 11 is 0. The molecule has 1 rings (SSSR count). The SMILES string of the molecule is CC(C)(C)OC(=O)N[CH]CCCCC(=O)N1CCCC1. The van der Waals surface area contributed by atoms with E-state index in [0.29, 0.717) is 6.42 Å². The van der Waals surface area contributed by atoms with Gasteiger partial charge in [0.1, 0.15) is 5.60 Å². The molecule has 0 bridgehead atoms. The van der Waals surface area contributed by atoms with Gasteiger partial charge < -0.3 is 15.0 Å². The molecule has 0 atom stereocenters. The molecule has 0 aromatic heterocycles. The molecule has 1 N–H and O–H groups in total. The van der Waals surface area contributed by atoms with Crippen molar-refractivity contribution in [2.45, 2.75) is 64.9 Å². The van der Waals surface area contributed by atoms with Crippen LogP contribution in [0.15, 0.2) is 0 Å². The van der Waals surface area contributed by atoms with Gasteiger partial charge in [-0.1, -0.05) is 6.42 Å². The number of amides is 2. The van der Waals surface area contributed by atoms with Gasteiger partial charge >= 0.3 is 6.09 Å². The van der Waals surface area contributed by atoms with Gasteiger partial charge in [0.15, 0.2) is 0 Å². The fraction of sp³-hybridized carbons (Fsp3) is 0.800. The van der Waals surface area contributed by atoms with E-state index in [0.717, 1.165) is 45.2 Å². The van der Waals surface area contributed by atoms with E-state index in [9.17, 15) is 9.59 Å².